The van der Waals surface area contributed by atoms with Crippen LogP contribution in [0.15, 0.2) is 45.1 Å². The second-order valence-corrected chi connectivity index (χ2v) is 9.27. The molecular weight excluding hydrogens is 424 g/mol. The van der Waals surface area contributed by atoms with Gasteiger partial charge in [0.15, 0.2) is 0 Å². The normalized spacial score (nSPS) is 14.9. The number of hydrogen-bond donors (Lipinski definition) is 1. The van der Waals surface area contributed by atoms with E-state index in [0.717, 1.165) is 17.6 Å². The molecule has 31 heavy (non-hydrogen) atoms. The van der Waals surface area contributed by atoms with Gasteiger partial charge in [0, 0.05) is 25.7 Å². The van der Waals surface area contributed by atoms with Crippen molar-refractivity contribution in [1.29, 1.82) is 5.26 Å². The highest BCUT2D eigenvalue weighted by Gasteiger charge is 2.55. The van der Waals surface area contributed by atoms with E-state index in [4.69, 9.17) is 0 Å². The number of benzene rings is 1. The second kappa shape index (κ2) is 6.92. The maximum atomic E-state index is 13.2. The third-order valence-electron chi connectivity index (χ3n) is 5.20. The number of nitriles is 1. The molecule has 4 rings (SSSR count). The number of aromatic nitrogens is 4. The van der Waals surface area contributed by atoms with E-state index in [1.165, 1.54) is 23.0 Å². The van der Waals surface area contributed by atoms with Crippen molar-refractivity contribution >= 4 is 26.8 Å². The van der Waals surface area contributed by atoms with Gasteiger partial charge in [-0.15, -0.1) is 0 Å². The van der Waals surface area contributed by atoms with Crippen LogP contribution in [0.2, 0.25) is 0 Å². The first-order chi connectivity index (χ1) is 14.6. The molecule has 2 heterocycles. The van der Waals surface area contributed by atoms with E-state index < -0.39 is 32.7 Å². The minimum atomic E-state index is -4.39. The third kappa shape index (κ3) is 3.32. The molecule has 1 aliphatic carbocycles. The molecule has 1 amide bonds. The van der Waals surface area contributed by atoms with Crippen LogP contribution < -0.4 is 11.2 Å². The van der Waals surface area contributed by atoms with Crippen LogP contribution in [0.4, 0.5) is 0 Å². The summed E-state index contributed by atoms with van der Waals surface area (Å²) >= 11 is 0. The van der Waals surface area contributed by atoms with Gasteiger partial charge in [-0.3, -0.25) is 18.8 Å². The summed E-state index contributed by atoms with van der Waals surface area (Å²) in [5, 5.41) is 13.4. The molecule has 0 bridgehead atoms. The smallest absolute Gasteiger partial charge is 0.307 e. The lowest BCUT2D eigenvalue weighted by atomic mass is 10.2. The fourth-order valence-electron chi connectivity index (χ4n) is 3.55. The standard InChI is InChI=1S/C19H18N6O5S/c1-12(26)25(19(11-20)5-6-19)31(29,30)14-3-4-16-15(7-14)17(27)24(18(28)22-16)10-13-8-21-23(2)9-13/h3-4,7-9H,5-6,10H2,1-2H3,(H,22,28). The number of H-pyrrole nitrogens is 1. The summed E-state index contributed by atoms with van der Waals surface area (Å²) in [5.41, 5.74) is -1.96. The van der Waals surface area contributed by atoms with E-state index in [9.17, 15) is 28.1 Å². The number of rotatable bonds is 5. The van der Waals surface area contributed by atoms with Crippen molar-refractivity contribution in [2.24, 2.45) is 7.05 Å². The van der Waals surface area contributed by atoms with Crippen LogP contribution in [-0.4, -0.2) is 43.5 Å². The first-order valence-corrected chi connectivity index (χ1v) is 10.7. The van der Waals surface area contributed by atoms with Gasteiger partial charge in [-0.1, -0.05) is 0 Å². The van der Waals surface area contributed by atoms with Gasteiger partial charge in [-0.25, -0.2) is 17.5 Å². The number of carbonyl (C=O) groups is 1. The highest BCUT2D eigenvalue weighted by atomic mass is 32.2. The van der Waals surface area contributed by atoms with E-state index in [1.54, 1.807) is 13.2 Å². The summed E-state index contributed by atoms with van der Waals surface area (Å²) in [6, 6.07) is 5.52. The van der Waals surface area contributed by atoms with Crippen LogP contribution in [-0.2, 0) is 28.4 Å². The van der Waals surface area contributed by atoms with Crippen LogP contribution in [0.1, 0.15) is 25.3 Å². The van der Waals surface area contributed by atoms with Gasteiger partial charge in [0.2, 0.25) is 5.91 Å². The molecule has 1 aliphatic rings. The fourth-order valence-corrected chi connectivity index (χ4v) is 5.29. The average Bonchev–Trinajstić information content (AvgIpc) is 3.37. The molecule has 1 aromatic carbocycles. The summed E-state index contributed by atoms with van der Waals surface area (Å²) in [7, 11) is -2.69. The van der Waals surface area contributed by atoms with Crippen LogP contribution in [0.5, 0.6) is 0 Å². The minimum absolute atomic E-state index is 0.0325. The zero-order valence-electron chi connectivity index (χ0n) is 16.7. The van der Waals surface area contributed by atoms with Gasteiger partial charge in [0.05, 0.1) is 34.6 Å². The molecule has 1 N–H and O–H groups in total. The monoisotopic (exact) mass is 442 g/mol. The van der Waals surface area contributed by atoms with E-state index >= 15 is 0 Å². The van der Waals surface area contributed by atoms with Gasteiger partial charge in [0.1, 0.15) is 5.54 Å². The Balaban J connectivity index is 1.85. The summed E-state index contributed by atoms with van der Waals surface area (Å²) in [5.74, 6) is -0.783. The Morgan fingerprint density at radius 1 is 1.35 bits per heavy atom. The summed E-state index contributed by atoms with van der Waals surface area (Å²) < 4.78 is 29.4. The SMILES string of the molecule is CC(=O)N(C1(C#N)CC1)S(=O)(=O)c1ccc2[nH]c(=O)n(Cc3cnn(C)c3)c(=O)c2c1. The van der Waals surface area contributed by atoms with E-state index in [-0.39, 0.29) is 35.2 Å². The Kier molecular flexibility index (Phi) is 4.58. The number of aryl methyl sites for hydroxylation is 1. The highest BCUT2D eigenvalue weighted by molar-refractivity contribution is 7.89. The van der Waals surface area contributed by atoms with Crippen molar-refractivity contribution in [1.82, 2.24) is 23.6 Å². The lowest BCUT2D eigenvalue weighted by Gasteiger charge is -2.25. The van der Waals surface area contributed by atoms with E-state index in [0.29, 0.717) is 9.87 Å². The molecule has 0 spiro atoms. The maximum absolute atomic E-state index is 13.2. The van der Waals surface area contributed by atoms with Crippen molar-refractivity contribution in [2.75, 3.05) is 0 Å². The Morgan fingerprint density at radius 2 is 2.06 bits per heavy atom. The molecule has 160 valence electrons. The molecule has 0 radical (unpaired) electrons. The Bertz CT molecular complexity index is 1490. The fraction of sp³-hybridized carbons (Fsp3) is 0.316. The summed E-state index contributed by atoms with van der Waals surface area (Å²) in [6.07, 6.45) is 3.67. The van der Waals surface area contributed by atoms with Crippen LogP contribution in [0, 0.1) is 11.3 Å². The van der Waals surface area contributed by atoms with Crippen molar-refractivity contribution in [3.05, 3.63) is 57.0 Å². The zero-order chi connectivity index (χ0) is 22.6. The molecule has 11 nitrogen and oxygen atoms in total. The number of nitrogens with one attached hydrogen (secondary N) is 1. The number of hydrogen-bond acceptors (Lipinski definition) is 7. The quantitative estimate of drug-likeness (QED) is 0.587. The first kappa shape index (κ1) is 20.5. The average molecular weight is 442 g/mol. The molecule has 12 heteroatoms. The minimum Gasteiger partial charge on any atom is -0.307 e. The molecule has 0 saturated heterocycles. The second-order valence-electron chi connectivity index (χ2n) is 7.48. The largest absolute Gasteiger partial charge is 0.329 e. The molecule has 1 fully saturated rings. The van der Waals surface area contributed by atoms with Crippen molar-refractivity contribution in [3.8, 4) is 6.07 Å². The van der Waals surface area contributed by atoms with Gasteiger partial charge in [0.25, 0.3) is 15.6 Å². The summed E-state index contributed by atoms with van der Waals surface area (Å²) in [4.78, 5) is 39.8. The zero-order valence-corrected chi connectivity index (χ0v) is 17.5. The topological polar surface area (TPSA) is 151 Å². The third-order valence-corrected chi connectivity index (χ3v) is 7.13. The lowest BCUT2D eigenvalue weighted by molar-refractivity contribution is -0.125. The number of carbonyl (C=O) groups excluding carboxylic acids is 1. The predicted octanol–water partition coefficient (Wildman–Crippen LogP) is 0.0650. The van der Waals surface area contributed by atoms with Gasteiger partial charge >= 0.3 is 5.69 Å². The first-order valence-electron chi connectivity index (χ1n) is 9.31. The molecular formula is C19H18N6O5S. The molecule has 0 unspecified atom stereocenters. The van der Waals surface area contributed by atoms with Crippen LogP contribution in [0.3, 0.4) is 0 Å². The van der Waals surface area contributed by atoms with Crippen molar-refractivity contribution in [2.45, 2.75) is 36.7 Å². The number of aromatic amines is 1. The molecule has 0 atom stereocenters. The predicted molar refractivity (Wildman–Crippen MR) is 108 cm³/mol. The number of sulfonamides is 1. The Morgan fingerprint density at radius 3 is 2.61 bits per heavy atom. The molecule has 3 aromatic rings. The highest BCUT2D eigenvalue weighted by Crippen LogP contribution is 2.44. The van der Waals surface area contributed by atoms with Crippen LogP contribution >= 0.6 is 0 Å². The molecule has 1 saturated carbocycles. The van der Waals surface area contributed by atoms with Crippen molar-refractivity contribution < 1.29 is 13.2 Å². The van der Waals surface area contributed by atoms with E-state index in [1.807, 2.05) is 6.07 Å². The van der Waals surface area contributed by atoms with Crippen molar-refractivity contribution in [3.63, 3.8) is 0 Å². The molecule has 0 aliphatic heterocycles. The lowest BCUT2D eigenvalue weighted by Crippen LogP contribution is -2.44. The Hall–Kier alpha value is -3.72. The number of fused-ring (bicyclic) bond motifs is 1. The number of amides is 1. The van der Waals surface area contributed by atoms with Crippen LogP contribution in [0.25, 0.3) is 10.9 Å². The molecule has 2 aromatic heterocycles. The summed E-state index contributed by atoms with van der Waals surface area (Å²) in [6.45, 7) is 1.03. The van der Waals surface area contributed by atoms with Gasteiger partial charge < -0.3 is 4.98 Å². The van der Waals surface area contributed by atoms with E-state index in [2.05, 4.69) is 10.1 Å². The van der Waals surface area contributed by atoms with Gasteiger partial charge in [-0.05, 0) is 31.0 Å². The Labute approximate surface area is 176 Å². The number of nitrogens with zero attached hydrogens (tertiary/aromatic N) is 5. The maximum Gasteiger partial charge on any atom is 0.329 e. The van der Waals surface area contributed by atoms with Gasteiger partial charge in [-0.2, -0.15) is 10.4 Å².